The van der Waals surface area contributed by atoms with E-state index in [1.54, 1.807) is 0 Å². The van der Waals surface area contributed by atoms with Crippen LogP contribution in [0.15, 0.2) is 24.3 Å². The second-order valence-corrected chi connectivity index (χ2v) is 4.68. The molecular weight excluding hydrogens is 284 g/mol. The summed E-state index contributed by atoms with van der Waals surface area (Å²) in [5.74, 6) is 0.885. The number of halogens is 1. The van der Waals surface area contributed by atoms with Gasteiger partial charge in [-0.3, -0.25) is 0 Å². The van der Waals surface area contributed by atoms with Crippen molar-refractivity contribution in [2.24, 2.45) is 0 Å². The van der Waals surface area contributed by atoms with Gasteiger partial charge >= 0.3 is 0 Å². The third-order valence-corrected chi connectivity index (χ3v) is 3.11. The molecule has 0 spiro atoms. The van der Waals surface area contributed by atoms with Gasteiger partial charge in [0.15, 0.2) is 6.29 Å². The Kier molecular flexibility index (Phi) is 5.29. The van der Waals surface area contributed by atoms with Crippen molar-refractivity contribution in [3.05, 3.63) is 29.8 Å². The van der Waals surface area contributed by atoms with Crippen LogP contribution in [0.5, 0.6) is 5.75 Å². The molecular formula is C13H17BrO3. The molecule has 0 aromatic heterocycles. The number of rotatable bonds is 6. The number of hydrogen-bond acceptors (Lipinski definition) is 3. The SMILES string of the molecule is BrCCCCOc1cccc(C2OCCO2)c1. The standard InChI is InChI=1S/C13H17BrO3/c14-6-1-2-7-15-12-5-3-4-11(10-12)13-16-8-9-17-13/h3-5,10,13H,1-2,6-9H2. The van der Waals surface area contributed by atoms with Gasteiger partial charge in [0.2, 0.25) is 0 Å². The third kappa shape index (κ3) is 3.98. The van der Waals surface area contributed by atoms with Crippen LogP contribution in [0, 0.1) is 0 Å². The lowest BCUT2D eigenvalue weighted by atomic mass is 10.2. The molecule has 2 rings (SSSR count). The lowest BCUT2D eigenvalue weighted by Crippen LogP contribution is -2.01. The Morgan fingerprint density at radius 1 is 1.24 bits per heavy atom. The fourth-order valence-electron chi connectivity index (χ4n) is 1.69. The molecule has 17 heavy (non-hydrogen) atoms. The van der Waals surface area contributed by atoms with E-state index in [0.717, 1.165) is 36.1 Å². The summed E-state index contributed by atoms with van der Waals surface area (Å²) in [6, 6.07) is 7.93. The highest BCUT2D eigenvalue weighted by molar-refractivity contribution is 9.09. The van der Waals surface area contributed by atoms with Crippen LogP contribution in [0.4, 0.5) is 0 Å². The second kappa shape index (κ2) is 6.99. The summed E-state index contributed by atoms with van der Waals surface area (Å²) >= 11 is 3.40. The molecule has 0 amide bonds. The van der Waals surface area contributed by atoms with E-state index in [1.807, 2.05) is 24.3 Å². The maximum absolute atomic E-state index is 5.68. The molecule has 0 unspecified atom stereocenters. The van der Waals surface area contributed by atoms with Crippen molar-refractivity contribution in [2.45, 2.75) is 19.1 Å². The van der Waals surface area contributed by atoms with Gasteiger partial charge in [-0.1, -0.05) is 28.1 Å². The third-order valence-electron chi connectivity index (χ3n) is 2.55. The highest BCUT2D eigenvalue weighted by Gasteiger charge is 2.18. The van der Waals surface area contributed by atoms with Gasteiger partial charge in [-0.2, -0.15) is 0 Å². The van der Waals surface area contributed by atoms with Gasteiger partial charge in [0.05, 0.1) is 19.8 Å². The van der Waals surface area contributed by atoms with Crippen molar-refractivity contribution < 1.29 is 14.2 Å². The summed E-state index contributed by atoms with van der Waals surface area (Å²) in [5, 5.41) is 1.03. The van der Waals surface area contributed by atoms with Crippen molar-refractivity contribution in [3.63, 3.8) is 0 Å². The second-order valence-electron chi connectivity index (χ2n) is 3.89. The van der Waals surface area contributed by atoms with Crippen molar-refractivity contribution in [1.82, 2.24) is 0 Å². The Hall–Kier alpha value is -0.580. The molecule has 0 aliphatic carbocycles. The average molecular weight is 301 g/mol. The van der Waals surface area contributed by atoms with E-state index in [-0.39, 0.29) is 6.29 Å². The maximum atomic E-state index is 5.68. The zero-order valence-electron chi connectivity index (χ0n) is 9.73. The first-order valence-electron chi connectivity index (χ1n) is 5.92. The summed E-state index contributed by atoms with van der Waals surface area (Å²) in [6.07, 6.45) is 1.97. The number of unbranched alkanes of at least 4 members (excludes halogenated alkanes) is 1. The van der Waals surface area contributed by atoms with E-state index < -0.39 is 0 Å². The molecule has 0 saturated carbocycles. The molecule has 0 atom stereocenters. The molecule has 4 heteroatoms. The first-order valence-corrected chi connectivity index (χ1v) is 7.04. The first-order chi connectivity index (χ1) is 8.40. The Labute approximate surface area is 110 Å². The Balaban J connectivity index is 1.87. The van der Waals surface area contributed by atoms with E-state index >= 15 is 0 Å². The first kappa shape index (κ1) is 12.9. The zero-order valence-corrected chi connectivity index (χ0v) is 11.3. The van der Waals surface area contributed by atoms with Crippen molar-refractivity contribution in [2.75, 3.05) is 25.2 Å². The van der Waals surface area contributed by atoms with Crippen LogP contribution in [-0.2, 0) is 9.47 Å². The maximum Gasteiger partial charge on any atom is 0.184 e. The van der Waals surface area contributed by atoms with Crippen LogP contribution >= 0.6 is 15.9 Å². The summed E-state index contributed by atoms with van der Waals surface area (Å²) in [5.41, 5.74) is 1.03. The van der Waals surface area contributed by atoms with Gasteiger partial charge in [0.1, 0.15) is 5.75 Å². The van der Waals surface area contributed by atoms with Gasteiger partial charge in [-0.25, -0.2) is 0 Å². The number of benzene rings is 1. The molecule has 1 fully saturated rings. The van der Waals surface area contributed by atoms with Gasteiger partial charge < -0.3 is 14.2 Å². The predicted octanol–water partition coefficient (Wildman–Crippen LogP) is 3.29. The van der Waals surface area contributed by atoms with Gasteiger partial charge in [-0.05, 0) is 25.0 Å². The minimum atomic E-state index is -0.221. The molecule has 0 N–H and O–H groups in total. The van der Waals surface area contributed by atoms with Crippen molar-refractivity contribution >= 4 is 15.9 Å². The predicted molar refractivity (Wildman–Crippen MR) is 69.6 cm³/mol. The van der Waals surface area contributed by atoms with E-state index in [2.05, 4.69) is 15.9 Å². The molecule has 1 aromatic rings. The summed E-state index contributed by atoms with van der Waals surface area (Å²) < 4.78 is 16.6. The van der Waals surface area contributed by atoms with Crippen LogP contribution in [0.25, 0.3) is 0 Å². The molecule has 0 radical (unpaired) electrons. The summed E-state index contributed by atoms with van der Waals surface area (Å²) in [6.45, 7) is 2.09. The smallest absolute Gasteiger partial charge is 0.184 e. The average Bonchev–Trinajstić information content (AvgIpc) is 2.89. The van der Waals surface area contributed by atoms with Crippen molar-refractivity contribution in [1.29, 1.82) is 0 Å². The van der Waals surface area contributed by atoms with Gasteiger partial charge in [-0.15, -0.1) is 0 Å². The lowest BCUT2D eigenvalue weighted by molar-refractivity contribution is -0.0442. The highest BCUT2D eigenvalue weighted by atomic mass is 79.9. The minimum absolute atomic E-state index is 0.221. The molecule has 94 valence electrons. The van der Waals surface area contributed by atoms with Crippen LogP contribution in [0.2, 0.25) is 0 Å². The zero-order chi connectivity index (χ0) is 11.9. The monoisotopic (exact) mass is 300 g/mol. The fraction of sp³-hybridized carbons (Fsp3) is 0.538. The molecule has 1 saturated heterocycles. The molecule has 0 bridgehead atoms. The topological polar surface area (TPSA) is 27.7 Å². The normalized spacial score (nSPS) is 16.3. The quantitative estimate of drug-likeness (QED) is 0.596. The molecule has 1 aromatic carbocycles. The number of ether oxygens (including phenoxy) is 3. The minimum Gasteiger partial charge on any atom is -0.494 e. The molecule has 1 aliphatic rings. The Morgan fingerprint density at radius 3 is 2.82 bits per heavy atom. The summed E-state index contributed by atoms with van der Waals surface area (Å²) in [7, 11) is 0. The van der Waals surface area contributed by atoms with Crippen molar-refractivity contribution in [3.8, 4) is 5.75 Å². The van der Waals surface area contributed by atoms with E-state index in [9.17, 15) is 0 Å². The van der Waals surface area contributed by atoms with E-state index in [1.165, 1.54) is 0 Å². The largest absolute Gasteiger partial charge is 0.494 e. The number of alkyl halides is 1. The van der Waals surface area contributed by atoms with Gasteiger partial charge in [0.25, 0.3) is 0 Å². The number of hydrogen-bond donors (Lipinski definition) is 0. The highest BCUT2D eigenvalue weighted by Crippen LogP contribution is 2.26. The van der Waals surface area contributed by atoms with Crippen LogP contribution in [0.3, 0.4) is 0 Å². The Morgan fingerprint density at radius 2 is 2.06 bits per heavy atom. The van der Waals surface area contributed by atoms with Crippen LogP contribution < -0.4 is 4.74 Å². The van der Waals surface area contributed by atoms with Crippen LogP contribution in [-0.4, -0.2) is 25.2 Å². The lowest BCUT2D eigenvalue weighted by Gasteiger charge is -2.11. The Bertz CT molecular complexity index is 337. The van der Waals surface area contributed by atoms with E-state index in [4.69, 9.17) is 14.2 Å². The molecule has 1 aliphatic heterocycles. The summed E-state index contributed by atoms with van der Waals surface area (Å²) in [4.78, 5) is 0. The van der Waals surface area contributed by atoms with Gasteiger partial charge in [0, 0.05) is 10.9 Å². The van der Waals surface area contributed by atoms with E-state index in [0.29, 0.717) is 13.2 Å². The fourth-order valence-corrected chi connectivity index (χ4v) is 2.08. The molecule has 1 heterocycles. The molecule has 3 nitrogen and oxygen atoms in total. The van der Waals surface area contributed by atoms with Crippen LogP contribution in [0.1, 0.15) is 24.7 Å².